The Labute approximate surface area is 93.0 Å². The first-order valence-corrected chi connectivity index (χ1v) is 5.10. The molecule has 0 amide bonds. The van der Waals surface area contributed by atoms with E-state index in [1.807, 2.05) is 30.3 Å². The molecular formula is C11H12ClN3. The second-order valence-corrected chi connectivity index (χ2v) is 3.85. The van der Waals surface area contributed by atoms with Crippen molar-refractivity contribution in [3.05, 3.63) is 41.0 Å². The van der Waals surface area contributed by atoms with Crippen LogP contribution < -0.4 is 11.5 Å². The van der Waals surface area contributed by atoms with Crippen LogP contribution in [0.2, 0.25) is 5.02 Å². The summed E-state index contributed by atoms with van der Waals surface area (Å²) in [5.41, 5.74) is 13.0. The molecule has 78 valence electrons. The van der Waals surface area contributed by atoms with Crippen molar-refractivity contribution in [2.45, 2.75) is 6.04 Å². The van der Waals surface area contributed by atoms with E-state index in [1.165, 1.54) is 0 Å². The molecular weight excluding hydrogens is 210 g/mol. The number of nitrogens with two attached hydrogens (primary N) is 2. The fourth-order valence-electron chi connectivity index (χ4n) is 1.44. The molecule has 1 unspecified atom stereocenters. The Morgan fingerprint density at radius 3 is 2.80 bits per heavy atom. The highest BCUT2D eigenvalue weighted by atomic mass is 35.5. The molecule has 3 nitrogen and oxygen atoms in total. The lowest BCUT2D eigenvalue weighted by Gasteiger charge is -2.08. The van der Waals surface area contributed by atoms with Gasteiger partial charge in [0.25, 0.3) is 0 Å². The van der Waals surface area contributed by atoms with E-state index in [0.29, 0.717) is 11.6 Å². The van der Waals surface area contributed by atoms with Gasteiger partial charge in [0.2, 0.25) is 0 Å². The fourth-order valence-corrected chi connectivity index (χ4v) is 1.62. The lowest BCUT2D eigenvalue weighted by Crippen LogP contribution is -2.21. The third kappa shape index (κ3) is 2.09. The zero-order valence-corrected chi connectivity index (χ0v) is 8.91. The molecule has 0 fully saturated rings. The summed E-state index contributed by atoms with van der Waals surface area (Å²) in [7, 11) is 0. The first-order valence-electron chi connectivity index (χ1n) is 4.72. The Kier molecular flexibility index (Phi) is 2.86. The minimum Gasteiger partial charge on any atom is -0.329 e. The van der Waals surface area contributed by atoms with Gasteiger partial charge in [-0.1, -0.05) is 17.7 Å². The van der Waals surface area contributed by atoms with Gasteiger partial charge < -0.3 is 11.5 Å². The Morgan fingerprint density at radius 1 is 1.27 bits per heavy atom. The summed E-state index contributed by atoms with van der Waals surface area (Å²) in [6, 6.07) is 9.21. The van der Waals surface area contributed by atoms with E-state index in [0.717, 1.165) is 16.6 Å². The summed E-state index contributed by atoms with van der Waals surface area (Å²) in [5.74, 6) is 0. The quantitative estimate of drug-likeness (QED) is 0.814. The minimum absolute atomic E-state index is 0.204. The number of benzene rings is 1. The van der Waals surface area contributed by atoms with Gasteiger partial charge >= 0.3 is 0 Å². The second kappa shape index (κ2) is 4.14. The highest BCUT2D eigenvalue weighted by Gasteiger charge is 2.05. The van der Waals surface area contributed by atoms with Crippen LogP contribution >= 0.6 is 11.6 Å². The summed E-state index contributed by atoms with van der Waals surface area (Å²) in [5, 5.41) is 1.72. The smallest absolute Gasteiger partial charge is 0.0707 e. The van der Waals surface area contributed by atoms with Crippen molar-refractivity contribution >= 4 is 22.5 Å². The number of aromatic nitrogens is 1. The van der Waals surface area contributed by atoms with Crippen molar-refractivity contribution in [1.29, 1.82) is 0 Å². The SMILES string of the molecule is NCC(N)c1ccc2cc(Cl)ccc2n1. The maximum Gasteiger partial charge on any atom is 0.0707 e. The number of rotatable bonds is 2. The van der Waals surface area contributed by atoms with E-state index >= 15 is 0 Å². The van der Waals surface area contributed by atoms with Gasteiger partial charge in [0.1, 0.15) is 0 Å². The number of fused-ring (bicyclic) bond motifs is 1. The molecule has 4 heteroatoms. The van der Waals surface area contributed by atoms with Gasteiger partial charge in [-0.25, -0.2) is 0 Å². The van der Waals surface area contributed by atoms with E-state index < -0.39 is 0 Å². The van der Waals surface area contributed by atoms with Crippen LogP contribution in [0.5, 0.6) is 0 Å². The normalized spacial score (nSPS) is 13.0. The first kappa shape index (κ1) is 10.4. The molecule has 0 bridgehead atoms. The lowest BCUT2D eigenvalue weighted by molar-refractivity contribution is 0.715. The molecule has 4 N–H and O–H groups in total. The number of halogens is 1. The number of hydrogen-bond acceptors (Lipinski definition) is 3. The summed E-state index contributed by atoms with van der Waals surface area (Å²) in [4.78, 5) is 4.42. The number of pyridine rings is 1. The van der Waals surface area contributed by atoms with Crippen LogP contribution in [0.25, 0.3) is 10.9 Å². The van der Waals surface area contributed by atoms with Crippen molar-refractivity contribution in [3.8, 4) is 0 Å². The van der Waals surface area contributed by atoms with E-state index in [-0.39, 0.29) is 6.04 Å². The lowest BCUT2D eigenvalue weighted by atomic mass is 10.1. The van der Waals surface area contributed by atoms with Gasteiger partial charge in [-0.3, -0.25) is 4.98 Å². The topological polar surface area (TPSA) is 64.9 Å². The van der Waals surface area contributed by atoms with E-state index in [4.69, 9.17) is 23.1 Å². The Bertz CT molecular complexity index is 484. The summed E-state index contributed by atoms with van der Waals surface area (Å²) < 4.78 is 0. The Morgan fingerprint density at radius 2 is 2.07 bits per heavy atom. The Hall–Kier alpha value is -1.16. The van der Waals surface area contributed by atoms with Crippen LogP contribution in [0.3, 0.4) is 0 Å². The van der Waals surface area contributed by atoms with E-state index in [2.05, 4.69) is 4.98 Å². The van der Waals surface area contributed by atoms with E-state index in [9.17, 15) is 0 Å². The maximum absolute atomic E-state index is 5.88. The average molecular weight is 222 g/mol. The van der Waals surface area contributed by atoms with Gasteiger partial charge in [-0.15, -0.1) is 0 Å². The van der Waals surface area contributed by atoms with Crippen LogP contribution in [0.15, 0.2) is 30.3 Å². The molecule has 2 aromatic rings. The monoisotopic (exact) mass is 221 g/mol. The fraction of sp³-hybridized carbons (Fsp3) is 0.182. The zero-order chi connectivity index (χ0) is 10.8. The average Bonchev–Trinajstić information content (AvgIpc) is 2.27. The molecule has 1 atom stereocenters. The van der Waals surface area contributed by atoms with Crippen molar-refractivity contribution in [2.75, 3.05) is 6.54 Å². The number of hydrogen-bond donors (Lipinski definition) is 2. The van der Waals surface area contributed by atoms with Gasteiger partial charge in [-0.05, 0) is 24.3 Å². The zero-order valence-electron chi connectivity index (χ0n) is 8.15. The van der Waals surface area contributed by atoms with Crippen LogP contribution in [-0.4, -0.2) is 11.5 Å². The van der Waals surface area contributed by atoms with Crippen LogP contribution in [0, 0.1) is 0 Å². The van der Waals surface area contributed by atoms with E-state index in [1.54, 1.807) is 0 Å². The van der Waals surface area contributed by atoms with Gasteiger partial charge in [-0.2, -0.15) is 0 Å². The molecule has 1 heterocycles. The van der Waals surface area contributed by atoms with Crippen molar-refractivity contribution in [1.82, 2.24) is 4.98 Å². The third-order valence-corrected chi connectivity index (χ3v) is 2.54. The number of nitrogens with zero attached hydrogens (tertiary/aromatic N) is 1. The molecule has 2 rings (SSSR count). The predicted molar refractivity (Wildman–Crippen MR) is 62.7 cm³/mol. The molecule has 0 spiro atoms. The van der Waals surface area contributed by atoms with Gasteiger partial charge in [0.05, 0.1) is 17.3 Å². The summed E-state index contributed by atoms with van der Waals surface area (Å²) in [6.45, 7) is 0.395. The highest BCUT2D eigenvalue weighted by molar-refractivity contribution is 6.31. The first-order chi connectivity index (χ1) is 7.20. The summed E-state index contributed by atoms with van der Waals surface area (Å²) in [6.07, 6.45) is 0. The molecule has 0 aliphatic rings. The highest BCUT2D eigenvalue weighted by Crippen LogP contribution is 2.19. The van der Waals surface area contributed by atoms with Crippen LogP contribution in [0.1, 0.15) is 11.7 Å². The third-order valence-electron chi connectivity index (χ3n) is 2.31. The molecule has 1 aromatic heterocycles. The van der Waals surface area contributed by atoms with Gasteiger partial charge in [0.15, 0.2) is 0 Å². The Balaban J connectivity index is 2.52. The standard InChI is InChI=1S/C11H12ClN3/c12-8-2-4-10-7(5-8)1-3-11(15-10)9(14)6-13/h1-5,9H,6,13-14H2. The van der Waals surface area contributed by atoms with Gasteiger partial charge in [0, 0.05) is 17.0 Å². The molecule has 1 aromatic carbocycles. The second-order valence-electron chi connectivity index (χ2n) is 3.42. The molecule has 0 saturated carbocycles. The van der Waals surface area contributed by atoms with Crippen molar-refractivity contribution < 1.29 is 0 Å². The van der Waals surface area contributed by atoms with Crippen molar-refractivity contribution in [2.24, 2.45) is 11.5 Å². The molecule has 0 saturated heterocycles. The van der Waals surface area contributed by atoms with Crippen LogP contribution in [0.4, 0.5) is 0 Å². The minimum atomic E-state index is -0.204. The van der Waals surface area contributed by atoms with Crippen molar-refractivity contribution in [3.63, 3.8) is 0 Å². The largest absolute Gasteiger partial charge is 0.329 e. The molecule has 15 heavy (non-hydrogen) atoms. The molecule has 0 aliphatic carbocycles. The summed E-state index contributed by atoms with van der Waals surface area (Å²) >= 11 is 5.88. The molecule has 0 aliphatic heterocycles. The molecule has 0 radical (unpaired) electrons. The maximum atomic E-state index is 5.88. The van der Waals surface area contributed by atoms with Crippen LogP contribution in [-0.2, 0) is 0 Å². The predicted octanol–water partition coefficient (Wildman–Crippen LogP) is 1.85.